The topological polar surface area (TPSA) is 113 Å². The van der Waals surface area contributed by atoms with E-state index in [-0.39, 0.29) is 17.1 Å². The molecule has 2 aliphatic rings. The van der Waals surface area contributed by atoms with Crippen LogP contribution in [0.25, 0.3) is 0 Å². The van der Waals surface area contributed by atoms with Crippen LogP contribution >= 0.6 is 0 Å². The molecule has 0 bridgehead atoms. The molecular formula is C23H29N3O6S. The highest BCUT2D eigenvalue weighted by Gasteiger charge is 2.25. The maximum atomic E-state index is 12.5. The highest BCUT2D eigenvalue weighted by atomic mass is 32.2. The van der Waals surface area contributed by atoms with Crippen LogP contribution in [0.5, 0.6) is 5.75 Å². The number of benzene rings is 1. The zero-order chi connectivity index (χ0) is 23.6. The molecule has 0 radical (unpaired) electrons. The molecule has 1 aromatic heterocycles. The van der Waals surface area contributed by atoms with Crippen molar-refractivity contribution in [3.63, 3.8) is 0 Å². The van der Waals surface area contributed by atoms with Gasteiger partial charge in [-0.1, -0.05) is 17.3 Å². The number of sulfonamides is 1. The third kappa shape index (κ3) is 5.63. The Morgan fingerprint density at radius 2 is 1.94 bits per heavy atom. The fourth-order valence-electron chi connectivity index (χ4n) is 4.32. The molecule has 178 valence electrons. The Morgan fingerprint density at radius 3 is 2.61 bits per heavy atom. The number of rotatable bonds is 7. The molecule has 3 heterocycles. The number of fused-ring (bicyclic) bond motifs is 1. The Kier molecular flexibility index (Phi) is 6.87. The van der Waals surface area contributed by atoms with Crippen molar-refractivity contribution in [2.45, 2.75) is 39.4 Å². The maximum Gasteiger partial charge on any atom is 0.227 e. The summed E-state index contributed by atoms with van der Waals surface area (Å²) in [5.41, 5.74) is 3.60. The molecule has 1 saturated heterocycles. The minimum atomic E-state index is -3.15. The molecule has 4 rings (SSSR count). The Morgan fingerprint density at radius 1 is 1.21 bits per heavy atom. The van der Waals surface area contributed by atoms with Gasteiger partial charge < -0.3 is 14.4 Å². The van der Waals surface area contributed by atoms with Gasteiger partial charge in [0.15, 0.2) is 0 Å². The summed E-state index contributed by atoms with van der Waals surface area (Å²) in [4.78, 5) is 14.7. The van der Waals surface area contributed by atoms with Gasteiger partial charge in [-0.15, -0.1) is 0 Å². The van der Waals surface area contributed by atoms with E-state index < -0.39 is 10.0 Å². The molecule has 2 aliphatic heterocycles. The Hall–Kier alpha value is -2.69. The van der Waals surface area contributed by atoms with Crippen molar-refractivity contribution in [1.29, 1.82) is 0 Å². The molecule has 9 nitrogen and oxygen atoms in total. The zero-order valence-corrected chi connectivity index (χ0v) is 19.7. The van der Waals surface area contributed by atoms with Crippen molar-refractivity contribution >= 4 is 15.7 Å². The Labute approximate surface area is 193 Å². The van der Waals surface area contributed by atoms with E-state index >= 15 is 0 Å². The van der Waals surface area contributed by atoms with Crippen LogP contribution in [-0.4, -0.2) is 54.5 Å². The standard InChI is InChI=1S/C23H29N3O6S/c1-16(24-28)18-3-4-19-11-25(12-20(19)9-18)13-21-10-22(27)23(15-31-21)32-14-17-5-7-26(8-6-17)33(2,29)30/h3-4,9-10,15,17,28H,5-8,11-14H2,1-2H3/b24-16+. The van der Waals surface area contributed by atoms with E-state index in [4.69, 9.17) is 14.4 Å². The normalized spacial score (nSPS) is 18.4. The van der Waals surface area contributed by atoms with Gasteiger partial charge in [-0.05, 0) is 48.4 Å². The average molecular weight is 476 g/mol. The number of hydrogen-bond acceptors (Lipinski definition) is 8. The summed E-state index contributed by atoms with van der Waals surface area (Å²) < 4.78 is 36.1. The zero-order valence-electron chi connectivity index (χ0n) is 18.9. The molecule has 1 fully saturated rings. The predicted octanol–water partition coefficient (Wildman–Crippen LogP) is 2.40. The predicted molar refractivity (Wildman–Crippen MR) is 123 cm³/mol. The SMILES string of the molecule is C/C(=N\O)c1ccc2c(c1)CN(Cc1cc(=O)c(OCC3CCN(S(C)(=O)=O)CC3)co1)C2. The van der Waals surface area contributed by atoms with Crippen LogP contribution < -0.4 is 10.2 Å². The fourth-order valence-corrected chi connectivity index (χ4v) is 5.20. The lowest BCUT2D eigenvalue weighted by molar-refractivity contribution is 0.180. The van der Waals surface area contributed by atoms with Crippen molar-refractivity contribution in [2.24, 2.45) is 11.1 Å². The van der Waals surface area contributed by atoms with Gasteiger partial charge in [0, 0.05) is 32.2 Å². The molecule has 0 spiro atoms. The summed E-state index contributed by atoms with van der Waals surface area (Å²) in [5, 5.41) is 12.2. The second-order valence-electron chi connectivity index (χ2n) is 8.81. The maximum absolute atomic E-state index is 12.5. The quantitative estimate of drug-likeness (QED) is 0.372. The van der Waals surface area contributed by atoms with Crippen LogP contribution in [0.1, 0.15) is 42.2 Å². The van der Waals surface area contributed by atoms with Crippen LogP contribution in [0.2, 0.25) is 0 Å². The first-order valence-electron chi connectivity index (χ1n) is 11.0. The Balaban J connectivity index is 1.31. The van der Waals surface area contributed by atoms with Gasteiger partial charge in [-0.2, -0.15) is 0 Å². The Bertz CT molecular complexity index is 1200. The molecule has 0 unspecified atom stereocenters. The molecule has 1 aromatic carbocycles. The third-order valence-electron chi connectivity index (χ3n) is 6.31. The lowest BCUT2D eigenvalue weighted by atomic mass is 9.99. The van der Waals surface area contributed by atoms with E-state index in [0.29, 0.717) is 50.6 Å². The number of ether oxygens (including phenoxy) is 1. The largest absolute Gasteiger partial charge is 0.486 e. The van der Waals surface area contributed by atoms with Crippen molar-refractivity contribution in [3.8, 4) is 5.75 Å². The van der Waals surface area contributed by atoms with Crippen molar-refractivity contribution in [2.75, 3.05) is 26.0 Å². The molecule has 0 amide bonds. The molecule has 1 N–H and O–H groups in total. The van der Waals surface area contributed by atoms with Crippen LogP contribution in [0.4, 0.5) is 0 Å². The molecular weight excluding hydrogens is 446 g/mol. The lowest BCUT2D eigenvalue weighted by Gasteiger charge is -2.29. The monoisotopic (exact) mass is 475 g/mol. The number of piperidine rings is 1. The summed E-state index contributed by atoms with van der Waals surface area (Å²) in [7, 11) is -3.15. The molecule has 0 atom stereocenters. The third-order valence-corrected chi connectivity index (χ3v) is 7.61. The molecule has 33 heavy (non-hydrogen) atoms. The van der Waals surface area contributed by atoms with Crippen LogP contribution in [0, 0.1) is 5.92 Å². The number of hydrogen-bond donors (Lipinski definition) is 1. The first-order chi connectivity index (χ1) is 15.7. The first-order valence-corrected chi connectivity index (χ1v) is 12.8. The highest BCUT2D eigenvalue weighted by molar-refractivity contribution is 7.88. The summed E-state index contributed by atoms with van der Waals surface area (Å²) in [6, 6.07) is 7.47. The summed E-state index contributed by atoms with van der Waals surface area (Å²) >= 11 is 0. The fraction of sp³-hybridized carbons (Fsp3) is 0.478. The van der Waals surface area contributed by atoms with Crippen molar-refractivity contribution in [3.05, 3.63) is 63.2 Å². The summed E-state index contributed by atoms with van der Waals surface area (Å²) in [6.45, 7) is 5.04. The van der Waals surface area contributed by atoms with Crippen molar-refractivity contribution < 1.29 is 22.8 Å². The van der Waals surface area contributed by atoms with Gasteiger partial charge in [-0.3, -0.25) is 9.69 Å². The smallest absolute Gasteiger partial charge is 0.227 e. The lowest BCUT2D eigenvalue weighted by Crippen LogP contribution is -2.39. The van der Waals surface area contributed by atoms with Gasteiger partial charge in [0.05, 0.1) is 25.1 Å². The summed E-state index contributed by atoms with van der Waals surface area (Å²) in [6.07, 6.45) is 4.00. The van der Waals surface area contributed by atoms with E-state index in [9.17, 15) is 13.2 Å². The molecule has 10 heteroatoms. The first kappa shape index (κ1) is 23.5. The number of nitrogens with zero attached hydrogens (tertiary/aromatic N) is 3. The van der Waals surface area contributed by atoms with E-state index in [1.807, 2.05) is 18.2 Å². The van der Waals surface area contributed by atoms with Gasteiger partial charge in [0.1, 0.15) is 12.0 Å². The number of oxime groups is 1. The van der Waals surface area contributed by atoms with E-state index in [0.717, 1.165) is 18.7 Å². The molecule has 2 aromatic rings. The van der Waals surface area contributed by atoms with Gasteiger partial charge in [0.25, 0.3) is 0 Å². The van der Waals surface area contributed by atoms with Gasteiger partial charge in [-0.25, -0.2) is 12.7 Å². The second-order valence-corrected chi connectivity index (χ2v) is 10.8. The second kappa shape index (κ2) is 9.66. The van der Waals surface area contributed by atoms with Crippen molar-refractivity contribution in [1.82, 2.24) is 9.21 Å². The van der Waals surface area contributed by atoms with E-state index in [1.165, 1.54) is 34.0 Å². The van der Waals surface area contributed by atoms with Crippen LogP contribution in [0.3, 0.4) is 0 Å². The van der Waals surface area contributed by atoms with Crippen LogP contribution in [0.15, 0.2) is 44.9 Å². The van der Waals surface area contributed by atoms with E-state index in [2.05, 4.69) is 10.1 Å². The average Bonchev–Trinajstić information content (AvgIpc) is 3.19. The van der Waals surface area contributed by atoms with Crippen LogP contribution in [-0.2, 0) is 29.7 Å². The van der Waals surface area contributed by atoms with E-state index in [1.54, 1.807) is 6.92 Å². The van der Waals surface area contributed by atoms with Gasteiger partial charge >= 0.3 is 0 Å². The molecule has 0 aliphatic carbocycles. The molecule has 0 saturated carbocycles. The van der Waals surface area contributed by atoms with Gasteiger partial charge in [0.2, 0.25) is 21.2 Å². The minimum absolute atomic E-state index is 0.178. The summed E-state index contributed by atoms with van der Waals surface area (Å²) in [5.74, 6) is 0.946. The highest BCUT2D eigenvalue weighted by Crippen LogP contribution is 2.26. The minimum Gasteiger partial charge on any atom is -0.486 e.